The summed E-state index contributed by atoms with van der Waals surface area (Å²) in [6.07, 6.45) is 1.33. The Morgan fingerprint density at radius 1 is 0.413 bits per heavy atom. The molecule has 0 saturated carbocycles. The number of nitrogens with one attached hydrogen (secondary N) is 5. The molecule has 1 saturated heterocycles. The topological polar surface area (TPSA) is 146 Å². The predicted molar refractivity (Wildman–Crippen MR) is 178 cm³/mol. The van der Waals surface area contributed by atoms with Crippen LogP contribution in [0.1, 0.15) is 71.9 Å². The lowest BCUT2D eigenvalue weighted by atomic mass is 9.98. The lowest BCUT2D eigenvalue weighted by Crippen LogP contribution is -2.58. The van der Waals surface area contributed by atoms with Crippen LogP contribution >= 0.6 is 0 Å². The van der Waals surface area contributed by atoms with Crippen LogP contribution in [-0.2, 0) is 36.8 Å². The van der Waals surface area contributed by atoms with Gasteiger partial charge in [-0.05, 0) is 48.1 Å². The molecule has 0 aromatic heterocycles. The van der Waals surface area contributed by atoms with Gasteiger partial charge in [-0.15, -0.1) is 0 Å². The molecule has 0 radical (unpaired) electrons. The van der Waals surface area contributed by atoms with E-state index < -0.39 is 59.7 Å². The van der Waals surface area contributed by atoms with Gasteiger partial charge in [-0.25, -0.2) is 0 Å². The molecule has 5 N–H and O–H groups in total. The second kappa shape index (κ2) is 17.5. The number of rotatable bonds is 10. The third-order valence-electron chi connectivity index (χ3n) is 7.85. The Morgan fingerprint density at radius 3 is 0.913 bits per heavy atom. The Balaban J connectivity index is 2.08. The fourth-order valence-electron chi connectivity index (χ4n) is 5.59. The van der Waals surface area contributed by atoms with Crippen molar-refractivity contribution in [3.63, 3.8) is 0 Å². The van der Waals surface area contributed by atoms with Crippen molar-refractivity contribution in [1.82, 2.24) is 26.6 Å². The van der Waals surface area contributed by atoms with Crippen LogP contribution in [-0.4, -0.2) is 59.7 Å². The molecule has 0 spiro atoms. The van der Waals surface area contributed by atoms with E-state index in [4.69, 9.17) is 0 Å². The molecule has 0 aliphatic carbocycles. The van der Waals surface area contributed by atoms with Gasteiger partial charge in [0.15, 0.2) is 0 Å². The van der Waals surface area contributed by atoms with Crippen molar-refractivity contribution in [2.24, 2.45) is 17.8 Å². The zero-order valence-electron chi connectivity index (χ0n) is 28.0. The molecule has 1 aliphatic rings. The van der Waals surface area contributed by atoms with Crippen LogP contribution in [0.25, 0.3) is 0 Å². The summed E-state index contributed by atoms with van der Waals surface area (Å²) in [5.74, 6) is -2.43. The first kappa shape index (κ1) is 36.3. The van der Waals surface area contributed by atoms with E-state index in [1.807, 2.05) is 102 Å². The minimum atomic E-state index is -1.01. The quantitative estimate of drug-likeness (QED) is 0.273. The maximum absolute atomic E-state index is 13.9. The summed E-state index contributed by atoms with van der Waals surface area (Å²) in [6, 6.07) is 13.7. The number of carbonyl (C=O) groups excluding carboxylic acids is 5. The predicted octanol–water partition coefficient (Wildman–Crippen LogP) is 3.05. The van der Waals surface area contributed by atoms with Gasteiger partial charge in [-0.3, -0.25) is 24.0 Å². The van der Waals surface area contributed by atoms with Gasteiger partial charge in [-0.2, -0.15) is 0 Å². The highest BCUT2D eigenvalue weighted by atomic mass is 16.2. The Labute approximate surface area is 273 Å². The van der Waals surface area contributed by atoms with Crippen molar-refractivity contribution >= 4 is 29.5 Å². The van der Waals surface area contributed by atoms with E-state index in [9.17, 15) is 24.0 Å². The zero-order valence-corrected chi connectivity index (χ0v) is 28.0. The Hall–Kier alpha value is -4.21. The van der Waals surface area contributed by atoms with E-state index in [1.54, 1.807) is 0 Å². The first-order chi connectivity index (χ1) is 21.8. The smallest absolute Gasteiger partial charge is 0.243 e. The van der Waals surface area contributed by atoms with E-state index in [-0.39, 0.29) is 30.6 Å². The summed E-state index contributed by atoms with van der Waals surface area (Å²) in [5.41, 5.74) is 1.65. The molecular formula is C36H51N5O5. The second-order valence-electron chi connectivity index (χ2n) is 13.6. The monoisotopic (exact) mass is 633 g/mol. The van der Waals surface area contributed by atoms with Crippen LogP contribution in [0.4, 0.5) is 0 Å². The molecule has 1 fully saturated rings. The van der Waals surface area contributed by atoms with Gasteiger partial charge < -0.3 is 26.6 Å². The van der Waals surface area contributed by atoms with Gasteiger partial charge in [0, 0.05) is 12.8 Å². The van der Waals surface area contributed by atoms with Gasteiger partial charge >= 0.3 is 0 Å². The number of hydrogen-bond acceptors (Lipinski definition) is 5. The maximum atomic E-state index is 13.9. The van der Waals surface area contributed by atoms with E-state index in [2.05, 4.69) is 26.6 Å². The van der Waals surface area contributed by atoms with Gasteiger partial charge in [0.05, 0.1) is 0 Å². The number of hydrogen-bond donors (Lipinski definition) is 5. The zero-order chi connectivity index (χ0) is 33.8. The fraction of sp³-hybridized carbons (Fsp3) is 0.528. The lowest BCUT2D eigenvalue weighted by Gasteiger charge is -2.27. The molecule has 0 unspecified atom stereocenters. The van der Waals surface area contributed by atoms with Crippen LogP contribution < -0.4 is 26.6 Å². The van der Waals surface area contributed by atoms with Crippen LogP contribution in [0, 0.1) is 17.8 Å². The fourth-order valence-corrected chi connectivity index (χ4v) is 5.59. The van der Waals surface area contributed by atoms with Gasteiger partial charge in [0.2, 0.25) is 29.5 Å². The Kier molecular flexibility index (Phi) is 13.8. The molecule has 10 heteroatoms. The summed E-state index contributed by atoms with van der Waals surface area (Å²) >= 11 is 0. The first-order valence-electron chi connectivity index (χ1n) is 16.4. The van der Waals surface area contributed by atoms with Crippen LogP contribution in [0.2, 0.25) is 0 Å². The molecule has 1 aliphatic heterocycles. The number of amides is 5. The summed E-state index contributed by atoms with van der Waals surface area (Å²) in [5, 5.41) is 14.4. The van der Waals surface area contributed by atoms with Crippen molar-refractivity contribution in [3.8, 4) is 0 Å². The van der Waals surface area contributed by atoms with Crippen molar-refractivity contribution in [2.45, 2.75) is 104 Å². The van der Waals surface area contributed by atoms with E-state index in [0.717, 1.165) is 11.1 Å². The molecule has 250 valence electrons. The van der Waals surface area contributed by atoms with Crippen LogP contribution in [0.5, 0.6) is 0 Å². The average Bonchev–Trinajstić information content (AvgIpc) is 2.99. The first-order valence-corrected chi connectivity index (χ1v) is 16.4. The Morgan fingerprint density at radius 2 is 0.652 bits per heavy atom. The van der Waals surface area contributed by atoms with E-state index >= 15 is 0 Å². The highest BCUT2D eigenvalue weighted by Crippen LogP contribution is 2.14. The van der Waals surface area contributed by atoms with Crippen LogP contribution in [0.15, 0.2) is 60.7 Å². The number of benzene rings is 2. The molecule has 5 atom stereocenters. The molecule has 0 bridgehead atoms. The minimum absolute atomic E-state index is 0.0364. The van der Waals surface area contributed by atoms with Crippen molar-refractivity contribution in [1.29, 1.82) is 0 Å². The van der Waals surface area contributed by atoms with E-state index in [1.165, 1.54) is 0 Å². The van der Waals surface area contributed by atoms with Gasteiger partial charge in [0.25, 0.3) is 0 Å². The lowest BCUT2D eigenvalue weighted by molar-refractivity contribution is -0.134. The third-order valence-corrected chi connectivity index (χ3v) is 7.85. The second-order valence-corrected chi connectivity index (χ2v) is 13.6. The molecule has 3 rings (SSSR count). The summed E-state index contributed by atoms with van der Waals surface area (Å²) in [4.78, 5) is 69.1. The summed E-state index contributed by atoms with van der Waals surface area (Å²) in [6.45, 7) is 11.7. The third kappa shape index (κ3) is 11.6. The normalized spacial score (nSPS) is 23.6. The molecule has 46 heavy (non-hydrogen) atoms. The van der Waals surface area contributed by atoms with Gasteiger partial charge in [0.1, 0.15) is 30.2 Å². The Bertz CT molecular complexity index is 1270. The highest BCUT2D eigenvalue weighted by molar-refractivity contribution is 5.98. The average molecular weight is 634 g/mol. The van der Waals surface area contributed by atoms with Crippen molar-refractivity contribution in [2.75, 3.05) is 0 Å². The van der Waals surface area contributed by atoms with Crippen molar-refractivity contribution in [3.05, 3.63) is 71.8 Å². The molecular weight excluding hydrogens is 582 g/mol. The molecule has 10 nitrogen and oxygen atoms in total. The highest BCUT2D eigenvalue weighted by Gasteiger charge is 2.35. The van der Waals surface area contributed by atoms with Gasteiger partial charge in [-0.1, -0.05) is 102 Å². The molecule has 1 heterocycles. The maximum Gasteiger partial charge on any atom is 0.243 e. The molecule has 5 amide bonds. The molecule has 2 aromatic carbocycles. The van der Waals surface area contributed by atoms with Crippen LogP contribution in [0.3, 0.4) is 0 Å². The van der Waals surface area contributed by atoms with E-state index in [0.29, 0.717) is 19.3 Å². The SMILES string of the molecule is CC(C)C[C@@H]1NC(=O)[C@H](Cc2ccccc2)NC(=O)[C@H](CC(C)C)NC(=O)[C@@H](CC(C)C)NC(=O)[C@H](Cc2ccccc2)NC1=O. The molecule has 2 aromatic rings. The minimum Gasteiger partial charge on any atom is -0.343 e. The van der Waals surface area contributed by atoms with Crippen molar-refractivity contribution < 1.29 is 24.0 Å². The summed E-state index contributed by atoms with van der Waals surface area (Å²) < 4.78 is 0. The standard InChI is InChI=1S/C36H51N5O5/c1-22(2)17-27-32(42)37-28(18-23(3)4)33(43)40-31(21-26-15-11-8-12-16-26)36(46)39-29(19-24(5)6)34(44)41-30(35(45)38-27)20-25-13-9-7-10-14-25/h7-16,22-24,27-31H,17-21H2,1-6H3,(H,37,42)(H,38,45)(H,39,46)(H,40,43)(H,41,44)/t27-,28+,29+,30+,31+/m1/s1. The largest absolute Gasteiger partial charge is 0.343 e. The summed E-state index contributed by atoms with van der Waals surface area (Å²) in [7, 11) is 0. The number of carbonyl (C=O) groups is 5.